The van der Waals surface area contributed by atoms with Crippen LogP contribution in [-0.2, 0) is 11.3 Å². The predicted octanol–water partition coefficient (Wildman–Crippen LogP) is 1.90. The van der Waals surface area contributed by atoms with Crippen molar-refractivity contribution in [2.45, 2.75) is 38.3 Å². The number of nitrogens with one attached hydrogen (secondary N) is 1. The third kappa shape index (κ3) is 4.40. The molecule has 0 aromatic carbocycles. The molecule has 2 fully saturated rings. The second-order valence-corrected chi connectivity index (χ2v) is 6.47. The number of fused-ring (bicyclic) bond motifs is 1. The van der Waals surface area contributed by atoms with Crippen molar-refractivity contribution in [1.82, 2.24) is 14.9 Å². The minimum absolute atomic E-state index is 0. The first-order valence-corrected chi connectivity index (χ1v) is 7.74. The van der Waals surface area contributed by atoms with Gasteiger partial charge in [0.1, 0.15) is 11.7 Å². The van der Waals surface area contributed by atoms with Crippen LogP contribution in [0.3, 0.4) is 0 Å². The van der Waals surface area contributed by atoms with E-state index in [0.717, 1.165) is 25.8 Å². The molecule has 1 aromatic rings. The number of rotatable bonds is 4. The fourth-order valence-corrected chi connectivity index (χ4v) is 3.94. The number of aromatic nitrogens is 2. The maximum atomic E-state index is 11.1. The molecule has 0 unspecified atom stereocenters. The zero-order valence-electron chi connectivity index (χ0n) is 13.1. The standard InChI is InChI=1S/C15H21N3O4.2ClH/c19-14(20)12-4-11-3-9(1-2-10(11)5-17-12)7-18-8-16-6-13(18)15(21)22;;/h6,8-12,17H,1-5,7H2,(H,19,20)(H,21,22);2*1H/t9-,10-,11+,12-;;/m0../s1. The van der Waals surface area contributed by atoms with Crippen molar-refractivity contribution >= 4 is 36.8 Å². The summed E-state index contributed by atoms with van der Waals surface area (Å²) in [5, 5.41) is 21.4. The van der Waals surface area contributed by atoms with Gasteiger partial charge in [-0.25, -0.2) is 9.78 Å². The van der Waals surface area contributed by atoms with Crippen LogP contribution in [0.5, 0.6) is 0 Å². The molecule has 7 nitrogen and oxygen atoms in total. The molecule has 2 heterocycles. The maximum Gasteiger partial charge on any atom is 0.354 e. The van der Waals surface area contributed by atoms with E-state index in [1.807, 2.05) is 0 Å². The quantitative estimate of drug-likeness (QED) is 0.737. The number of imidazole rings is 1. The summed E-state index contributed by atoms with van der Waals surface area (Å²) in [4.78, 5) is 26.2. The minimum Gasteiger partial charge on any atom is -0.480 e. The van der Waals surface area contributed by atoms with Crippen LogP contribution in [-0.4, -0.2) is 44.3 Å². The van der Waals surface area contributed by atoms with Gasteiger partial charge < -0.3 is 20.1 Å². The Labute approximate surface area is 152 Å². The van der Waals surface area contributed by atoms with Crippen LogP contribution in [0.15, 0.2) is 12.5 Å². The van der Waals surface area contributed by atoms with E-state index in [1.54, 1.807) is 10.9 Å². The lowest BCUT2D eigenvalue weighted by molar-refractivity contribution is -0.141. The molecule has 0 radical (unpaired) electrons. The number of hydrogen-bond acceptors (Lipinski definition) is 4. The molecular formula is C15H23Cl2N3O4. The number of carbonyl (C=O) groups is 2. The van der Waals surface area contributed by atoms with E-state index in [9.17, 15) is 9.59 Å². The van der Waals surface area contributed by atoms with Crippen molar-refractivity contribution in [2.75, 3.05) is 6.54 Å². The topological polar surface area (TPSA) is 104 Å². The van der Waals surface area contributed by atoms with Crippen molar-refractivity contribution in [1.29, 1.82) is 0 Å². The molecule has 1 aromatic heterocycles. The average molecular weight is 380 g/mol. The summed E-state index contributed by atoms with van der Waals surface area (Å²) in [6.45, 7) is 1.43. The van der Waals surface area contributed by atoms with Crippen molar-refractivity contribution in [3.8, 4) is 0 Å². The Morgan fingerprint density at radius 3 is 2.62 bits per heavy atom. The fraction of sp³-hybridized carbons (Fsp3) is 0.667. The number of nitrogens with zero attached hydrogens (tertiary/aromatic N) is 2. The van der Waals surface area contributed by atoms with Crippen LogP contribution in [0.1, 0.15) is 36.2 Å². The van der Waals surface area contributed by atoms with Gasteiger partial charge in [0.15, 0.2) is 0 Å². The average Bonchev–Trinajstić information content (AvgIpc) is 2.94. The fourth-order valence-electron chi connectivity index (χ4n) is 3.94. The van der Waals surface area contributed by atoms with Crippen LogP contribution in [0.4, 0.5) is 0 Å². The molecule has 1 saturated heterocycles. The van der Waals surface area contributed by atoms with Crippen LogP contribution in [0.25, 0.3) is 0 Å². The number of carboxylic acids is 2. The smallest absolute Gasteiger partial charge is 0.354 e. The summed E-state index contributed by atoms with van der Waals surface area (Å²) in [6, 6.07) is -0.442. The highest BCUT2D eigenvalue weighted by atomic mass is 35.5. The van der Waals surface area contributed by atoms with Gasteiger partial charge in [-0.15, -0.1) is 24.8 Å². The van der Waals surface area contributed by atoms with E-state index >= 15 is 0 Å². The molecule has 0 spiro atoms. The van der Waals surface area contributed by atoms with Gasteiger partial charge in [-0.1, -0.05) is 0 Å². The lowest BCUT2D eigenvalue weighted by atomic mass is 9.69. The van der Waals surface area contributed by atoms with E-state index in [0.29, 0.717) is 30.7 Å². The number of carboxylic acid groups (broad SMARTS) is 2. The highest BCUT2D eigenvalue weighted by Gasteiger charge is 2.37. The molecule has 136 valence electrons. The molecule has 3 rings (SSSR count). The number of halogens is 2. The number of hydrogen-bond donors (Lipinski definition) is 3. The molecule has 1 saturated carbocycles. The third-order valence-electron chi connectivity index (χ3n) is 5.10. The van der Waals surface area contributed by atoms with Gasteiger partial charge in [-0.3, -0.25) is 4.79 Å². The summed E-state index contributed by atoms with van der Waals surface area (Å²) in [5.41, 5.74) is 0.218. The van der Waals surface area contributed by atoms with Gasteiger partial charge in [0.05, 0.1) is 12.5 Å². The van der Waals surface area contributed by atoms with Gasteiger partial charge in [0.2, 0.25) is 0 Å². The highest BCUT2D eigenvalue weighted by molar-refractivity contribution is 5.86. The van der Waals surface area contributed by atoms with E-state index in [1.165, 1.54) is 6.20 Å². The molecule has 4 atom stereocenters. The summed E-state index contributed by atoms with van der Waals surface area (Å²) < 4.78 is 1.70. The van der Waals surface area contributed by atoms with Crippen LogP contribution >= 0.6 is 24.8 Å². The lowest BCUT2D eigenvalue weighted by Crippen LogP contribution is -2.49. The van der Waals surface area contributed by atoms with Crippen LogP contribution < -0.4 is 5.32 Å². The zero-order chi connectivity index (χ0) is 15.7. The normalized spacial score (nSPS) is 28.8. The SMILES string of the molecule is Cl.Cl.O=C(O)c1cncn1C[C@H]1CC[C@H]2CN[C@H](C(=O)O)C[C@H]2C1. The second-order valence-electron chi connectivity index (χ2n) is 6.47. The molecule has 24 heavy (non-hydrogen) atoms. The summed E-state index contributed by atoms with van der Waals surface area (Å²) in [7, 11) is 0. The van der Waals surface area contributed by atoms with Gasteiger partial charge in [0.25, 0.3) is 0 Å². The second kappa shape index (κ2) is 8.69. The Hall–Kier alpha value is -1.31. The monoisotopic (exact) mass is 379 g/mol. The first-order valence-electron chi connectivity index (χ1n) is 7.74. The van der Waals surface area contributed by atoms with Gasteiger partial charge in [-0.05, 0) is 50.0 Å². The zero-order valence-corrected chi connectivity index (χ0v) is 14.8. The van der Waals surface area contributed by atoms with Gasteiger partial charge in [0, 0.05) is 6.54 Å². The molecule has 9 heteroatoms. The molecule has 0 bridgehead atoms. The summed E-state index contributed by atoms with van der Waals surface area (Å²) >= 11 is 0. The highest BCUT2D eigenvalue weighted by Crippen LogP contribution is 2.39. The number of piperidine rings is 1. The summed E-state index contributed by atoms with van der Waals surface area (Å²) in [6.07, 6.45) is 6.71. The Bertz CT molecular complexity index is 581. The van der Waals surface area contributed by atoms with Gasteiger partial charge >= 0.3 is 11.9 Å². The molecule has 1 aliphatic carbocycles. The molecule has 1 aliphatic heterocycles. The van der Waals surface area contributed by atoms with Crippen molar-refractivity contribution in [3.63, 3.8) is 0 Å². The first kappa shape index (κ1) is 20.7. The number of aliphatic carboxylic acids is 1. The summed E-state index contributed by atoms with van der Waals surface area (Å²) in [5.74, 6) is -0.380. The maximum absolute atomic E-state index is 11.1. The van der Waals surface area contributed by atoms with E-state index in [2.05, 4.69) is 10.3 Å². The molecule has 3 N–H and O–H groups in total. The van der Waals surface area contributed by atoms with Crippen molar-refractivity contribution < 1.29 is 19.8 Å². The largest absolute Gasteiger partial charge is 0.480 e. The van der Waals surface area contributed by atoms with Crippen LogP contribution in [0, 0.1) is 17.8 Å². The van der Waals surface area contributed by atoms with Crippen molar-refractivity contribution in [2.24, 2.45) is 17.8 Å². The Balaban J connectivity index is 0.00000144. The Kier molecular flexibility index (Phi) is 7.51. The van der Waals surface area contributed by atoms with Gasteiger partial charge in [-0.2, -0.15) is 0 Å². The third-order valence-corrected chi connectivity index (χ3v) is 5.10. The Morgan fingerprint density at radius 1 is 1.21 bits per heavy atom. The molecule has 0 amide bonds. The minimum atomic E-state index is -0.959. The van der Waals surface area contributed by atoms with Crippen LogP contribution in [0.2, 0.25) is 0 Å². The van der Waals surface area contributed by atoms with E-state index < -0.39 is 18.0 Å². The van der Waals surface area contributed by atoms with E-state index in [-0.39, 0.29) is 30.5 Å². The lowest BCUT2D eigenvalue weighted by Gasteiger charge is -2.41. The molecular weight excluding hydrogens is 357 g/mol. The number of aromatic carboxylic acids is 1. The Morgan fingerprint density at radius 2 is 1.96 bits per heavy atom. The first-order chi connectivity index (χ1) is 10.5. The molecule has 2 aliphatic rings. The van der Waals surface area contributed by atoms with Crippen molar-refractivity contribution in [3.05, 3.63) is 18.2 Å². The van der Waals surface area contributed by atoms with E-state index in [4.69, 9.17) is 10.2 Å². The predicted molar refractivity (Wildman–Crippen MR) is 92.0 cm³/mol.